The average molecular weight is 376 g/mol. The number of hydrogen-bond acceptors (Lipinski definition) is 6. The Morgan fingerprint density at radius 1 is 1.18 bits per heavy atom. The van der Waals surface area contributed by atoms with Crippen LogP contribution in [0.4, 0.5) is 5.95 Å². The Hall–Kier alpha value is -3.03. The molecule has 7 nitrogen and oxygen atoms in total. The van der Waals surface area contributed by atoms with Crippen molar-refractivity contribution in [1.82, 2.24) is 19.9 Å². The highest BCUT2D eigenvalue weighted by molar-refractivity contribution is 5.59. The normalized spacial score (nSPS) is 16.9. The van der Waals surface area contributed by atoms with Crippen LogP contribution in [0.2, 0.25) is 0 Å². The van der Waals surface area contributed by atoms with E-state index in [4.69, 9.17) is 10.7 Å². The molecular weight excluding hydrogens is 352 g/mol. The molecule has 4 rings (SSSR count). The van der Waals surface area contributed by atoms with Crippen molar-refractivity contribution in [1.29, 1.82) is 0 Å². The molecule has 1 aliphatic rings. The number of aromatic nitrogens is 3. The summed E-state index contributed by atoms with van der Waals surface area (Å²) < 4.78 is 1.62. The van der Waals surface area contributed by atoms with Gasteiger partial charge in [-0.05, 0) is 23.3 Å². The maximum Gasteiger partial charge on any atom is 0.255 e. The summed E-state index contributed by atoms with van der Waals surface area (Å²) >= 11 is 0. The van der Waals surface area contributed by atoms with Crippen LogP contribution in [0.1, 0.15) is 17.2 Å². The van der Waals surface area contributed by atoms with Gasteiger partial charge in [0.2, 0.25) is 5.95 Å². The molecule has 3 N–H and O–H groups in total. The van der Waals surface area contributed by atoms with E-state index in [1.54, 1.807) is 30.1 Å². The molecule has 2 aromatic heterocycles. The summed E-state index contributed by atoms with van der Waals surface area (Å²) in [5.74, 6) is 0.685. The van der Waals surface area contributed by atoms with Gasteiger partial charge in [0, 0.05) is 63.3 Å². The Bertz CT molecular complexity index is 1000. The molecule has 1 aromatic carbocycles. The summed E-state index contributed by atoms with van der Waals surface area (Å²) in [6, 6.07) is 13.8. The molecule has 28 heavy (non-hydrogen) atoms. The van der Waals surface area contributed by atoms with Gasteiger partial charge in [0.05, 0.1) is 5.69 Å². The monoisotopic (exact) mass is 376 g/mol. The molecule has 1 fully saturated rings. The lowest BCUT2D eigenvalue weighted by atomic mass is 10.0. The minimum atomic E-state index is -0.0702. The van der Waals surface area contributed by atoms with Gasteiger partial charge in [-0.15, -0.1) is 0 Å². The molecule has 3 heterocycles. The Kier molecular flexibility index (Phi) is 5.18. The van der Waals surface area contributed by atoms with Crippen LogP contribution in [-0.2, 0) is 13.6 Å². The molecule has 0 amide bonds. The zero-order chi connectivity index (χ0) is 19.5. The minimum Gasteiger partial charge on any atom is -0.339 e. The second-order valence-electron chi connectivity index (χ2n) is 6.97. The first kappa shape index (κ1) is 18.3. The number of anilines is 1. The number of benzene rings is 1. The first-order valence-electron chi connectivity index (χ1n) is 9.41. The minimum absolute atomic E-state index is 0.0702. The van der Waals surface area contributed by atoms with Crippen LogP contribution in [0.25, 0.3) is 11.3 Å². The number of pyridine rings is 1. The Morgan fingerprint density at radius 2 is 1.93 bits per heavy atom. The fourth-order valence-electron chi connectivity index (χ4n) is 3.52. The Labute approximate surface area is 163 Å². The van der Waals surface area contributed by atoms with Gasteiger partial charge >= 0.3 is 0 Å². The number of piperazine rings is 1. The van der Waals surface area contributed by atoms with Crippen LogP contribution in [0.5, 0.6) is 0 Å². The quantitative estimate of drug-likeness (QED) is 0.717. The second-order valence-corrected chi connectivity index (χ2v) is 6.97. The maximum atomic E-state index is 12.6. The second kappa shape index (κ2) is 7.92. The molecule has 7 heteroatoms. The van der Waals surface area contributed by atoms with Crippen LogP contribution < -0.4 is 21.5 Å². The zero-order valence-corrected chi connectivity index (χ0v) is 15.9. The first-order chi connectivity index (χ1) is 13.7. The van der Waals surface area contributed by atoms with Gasteiger partial charge in [-0.1, -0.05) is 24.3 Å². The van der Waals surface area contributed by atoms with Crippen LogP contribution in [0.15, 0.2) is 59.7 Å². The SMILES string of the molecule is Cn1c(N2CCNC(c3ccc(CN)cc3)C2)nc(-c2ccncc2)cc1=O. The third-order valence-electron chi connectivity index (χ3n) is 5.16. The third-order valence-corrected chi connectivity index (χ3v) is 5.16. The van der Waals surface area contributed by atoms with Crippen molar-refractivity contribution >= 4 is 5.95 Å². The molecule has 0 bridgehead atoms. The topological polar surface area (TPSA) is 89.1 Å². The van der Waals surface area contributed by atoms with E-state index in [9.17, 15) is 4.79 Å². The largest absolute Gasteiger partial charge is 0.339 e. The van der Waals surface area contributed by atoms with Gasteiger partial charge in [-0.3, -0.25) is 14.3 Å². The average Bonchev–Trinajstić information content (AvgIpc) is 2.76. The van der Waals surface area contributed by atoms with Crippen LogP contribution in [0, 0.1) is 0 Å². The van der Waals surface area contributed by atoms with Crippen molar-refractivity contribution in [3.05, 3.63) is 76.3 Å². The van der Waals surface area contributed by atoms with Crippen LogP contribution in [0.3, 0.4) is 0 Å². The van der Waals surface area contributed by atoms with E-state index in [-0.39, 0.29) is 11.6 Å². The highest BCUT2D eigenvalue weighted by atomic mass is 16.1. The van der Waals surface area contributed by atoms with E-state index >= 15 is 0 Å². The standard InChI is InChI=1S/C21H24N6O/c1-26-20(28)12-18(17-6-8-23-9-7-17)25-21(26)27-11-10-24-19(14-27)16-4-2-15(13-22)3-5-16/h2-9,12,19,24H,10-11,13-14,22H2,1H3. The van der Waals surface area contributed by atoms with E-state index in [1.165, 1.54) is 5.56 Å². The van der Waals surface area contributed by atoms with Gasteiger partial charge < -0.3 is 16.0 Å². The number of nitrogens with two attached hydrogens (primary N) is 1. The summed E-state index contributed by atoms with van der Waals surface area (Å²) in [4.78, 5) is 23.6. The lowest BCUT2D eigenvalue weighted by molar-refractivity contribution is 0.462. The molecule has 0 saturated carbocycles. The predicted molar refractivity (Wildman–Crippen MR) is 110 cm³/mol. The third kappa shape index (κ3) is 3.67. The van der Waals surface area contributed by atoms with E-state index in [2.05, 4.69) is 39.5 Å². The van der Waals surface area contributed by atoms with Crippen molar-refractivity contribution in [2.24, 2.45) is 12.8 Å². The highest BCUT2D eigenvalue weighted by Crippen LogP contribution is 2.23. The summed E-state index contributed by atoms with van der Waals surface area (Å²) in [6.07, 6.45) is 3.42. The molecule has 0 aliphatic carbocycles. The predicted octanol–water partition coefficient (Wildman–Crippen LogP) is 1.45. The van der Waals surface area contributed by atoms with Crippen molar-refractivity contribution in [3.8, 4) is 11.3 Å². The van der Waals surface area contributed by atoms with Crippen molar-refractivity contribution in [2.75, 3.05) is 24.5 Å². The first-order valence-corrected chi connectivity index (χ1v) is 9.41. The maximum absolute atomic E-state index is 12.6. The number of rotatable bonds is 4. The smallest absolute Gasteiger partial charge is 0.255 e. The zero-order valence-electron chi connectivity index (χ0n) is 15.9. The summed E-state index contributed by atoms with van der Waals surface area (Å²) in [7, 11) is 1.77. The molecule has 1 aliphatic heterocycles. The van der Waals surface area contributed by atoms with Crippen molar-refractivity contribution < 1.29 is 0 Å². The Morgan fingerprint density at radius 3 is 2.64 bits per heavy atom. The van der Waals surface area contributed by atoms with Gasteiger partial charge in [0.25, 0.3) is 5.56 Å². The van der Waals surface area contributed by atoms with Gasteiger partial charge in [-0.25, -0.2) is 4.98 Å². The van der Waals surface area contributed by atoms with E-state index in [0.29, 0.717) is 18.2 Å². The van der Waals surface area contributed by atoms with Gasteiger partial charge in [-0.2, -0.15) is 0 Å². The molecule has 1 atom stereocenters. The molecule has 0 spiro atoms. The number of nitrogens with one attached hydrogen (secondary N) is 1. The fraction of sp³-hybridized carbons (Fsp3) is 0.286. The summed E-state index contributed by atoms with van der Waals surface area (Å²) in [5, 5.41) is 3.56. The molecule has 1 saturated heterocycles. The number of hydrogen-bond donors (Lipinski definition) is 2. The highest BCUT2D eigenvalue weighted by Gasteiger charge is 2.24. The summed E-state index contributed by atoms with van der Waals surface area (Å²) in [5.41, 5.74) is 9.51. The van der Waals surface area contributed by atoms with E-state index < -0.39 is 0 Å². The molecule has 1 unspecified atom stereocenters. The van der Waals surface area contributed by atoms with Crippen molar-refractivity contribution in [2.45, 2.75) is 12.6 Å². The molecule has 144 valence electrons. The van der Waals surface area contributed by atoms with E-state index in [0.717, 1.165) is 30.8 Å². The van der Waals surface area contributed by atoms with Gasteiger partial charge in [0.1, 0.15) is 0 Å². The molecular formula is C21H24N6O. The van der Waals surface area contributed by atoms with E-state index in [1.807, 2.05) is 12.1 Å². The lowest BCUT2D eigenvalue weighted by Crippen LogP contribution is -2.47. The summed E-state index contributed by atoms with van der Waals surface area (Å²) in [6.45, 7) is 2.89. The molecule has 0 radical (unpaired) electrons. The Balaban J connectivity index is 1.64. The fourth-order valence-corrected chi connectivity index (χ4v) is 3.52. The molecule has 3 aromatic rings. The van der Waals surface area contributed by atoms with Crippen LogP contribution >= 0.6 is 0 Å². The van der Waals surface area contributed by atoms with Gasteiger partial charge in [0.15, 0.2) is 0 Å². The number of nitrogens with zero attached hydrogens (tertiary/aromatic N) is 4. The van der Waals surface area contributed by atoms with Crippen molar-refractivity contribution in [3.63, 3.8) is 0 Å². The lowest BCUT2D eigenvalue weighted by Gasteiger charge is -2.35. The van der Waals surface area contributed by atoms with Crippen LogP contribution in [-0.4, -0.2) is 34.2 Å².